The van der Waals surface area contributed by atoms with Crippen molar-refractivity contribution in [2.24, 2.45) is 23.7 Å². The quantitative estimate of drug-likeness (QED) is 0.559. The second kappa shape index (κ2) is 7.78. The number of ether oxygens (including phenoxy) is 2. The van der Waals surface area contributed by atoms with Gasteiger partial charge in [-0.2, -0.15) is 0 Å². The monoisotopic (exact) mass is 302 g/mol. The van der Waals surface area contributed by atoms with E-state index in [9.17, 15) is 9.59 Å². The Morgan fingerprint density at radius 2 is 1.32 bits per heavy atom. The van der Waals surface area contributed by atoms with Crippen LogP contribution in [-0.4, -0.2) is 25.2 Å². The maximum absolute atomic E-state index is 12.4. The van der Waals surface area contributed by atoms with Crippen molar-refractivity contribution >= 4 is 11.9 Å². The largest absolute Gasteiger partial charge is 0.461 e. The van der Waals surface area contributed by atoms with Gasteiger partial charge in [0.05, 0.1) is 11.8 Å². The summed E-state index contributed by atoms with van der Waals surface area (Å²) in [6.45, 7) is 7.40. The number of hydrogen-bond acceptors (Lipinski definition) is 4. The molecule has 3 aliphatic carbocycles. The molecule has 0 N–H and O–H groups in total. The minimum atomic E-state index is -0.503. The molecule has 22 heavy (non-hydrogen) atoms. The van der Waals surface area contributed by atoms with E-state index in [0.717, 1.165) is 12.8 Å². The van der Waals surface area contributed by atoms with Crippen LogP contribution in [0.1, 0.15) is 12.8 Å². The lowest BCUT2D eigenvalue weighted by Gasteiger charge is -2.37. The zero-order valence-corrected chi connectivity index (χ0v) is 12.6. The van der Waals surface area contributed by atoms with E-state index >= 15 is 0 Å². The van der Waals surface area contributed by atoms with Crippen LogP contribution in [-0.2, 0) is 19.1 Å². The van der Waals surface area contributed by atoms with Crippen molar-refractivity contribution in [3.8, 4) is 0 Å². The first-order valence-electron chi connectivity index (χ1n) is 7.57. The molecular formula is C18H22O4. The predicted octanol–water partition coefficient (Wildman–Crippen LogP) is 2.83. The minimum Gasteiger partial charge on any atom is -0.461 e. The molecule has 0 aromatic heterocycles. The van der Waals surface area contributed by atoms with E-state index in [4.69, 9.17) is 9.47 Å². The molecule has 4 nitrogen and oxygen atoms in total. The fraction of sp³-hybridized carbons (Fsp3) is 0.444. The Bertz CT molecular complexity index is 459. The maximum Gasteiger partial charge on any atom is 0.310 e. The summed E-state index contributed by atoms with van der Waals surface area (Å²) in [5.41, 5.74) is 0. The van der Waals surface area contributed by atoms with Crippen molar-refractivity contribution in [3.05, 3.63) is 49.6 Å². The molecule has 0 spiro atoms. The Hall–Kier alpha value is -2.10. The molecule has 3 aliphatic rings. The van der Waals surface area contributed by atoms with Gasteiger partial charge in [-0.25, -0.2) is 0 Å². The smallest absolute Gasteiger partial charge is 0.310 e. The molecule has 0 amide bonds. The third-order valence-electron chi connectivity index (χ3n) is 4.13. The standard InChI is InChI=1S/C18H22O4/c1-3-11-21-17(19)15-13-7-5-6-8-14(10-9-13)16(15)18(20)22-12-4-2/h3-6,9-10,13-16H,1-2,7-8,11-12H2. The molecule has 0 saturated carbocycles. The van der Waals surface area contributed by atoms with Crippen LogP contribution in [0.2, 0.25) is 0 Å². The predicted molar refractivity (Wildman–Crippen MR) is 83.8 cm³/mol. The molecule has 0 saturated heterocycles. The van der Waals surface area contributed by atoms with Crippen molar-refractivity contribution in [1.82, 2.24) is 0 Å². The molecule has 4 atom stereocenters. The molecule has 2 bridgehead atoms. The zero-order chi connectivity index (χ0) is 15.9. The van der Waals surface area contributed by atoms with Gasteiger partial charge >= 0.3 is 11.9 Å². The van der Waals surface area contributed by atoms with Crippen molar-refractivity contribution in [2.45, 2.75) is 12.8 Å². The Morgan fingerprint density at radius 3 is 1.68 bits per heavy atom. The molecule has 0 radical (unpaired) electrons. The fourth-order valence-corrected chi connectivity index (χ4v) is 3.13. The summed E-state index contributed by atoms with van der Waals surface area (Å²) >= 11 is 0. The zero-order valence-electron chi connectivity index (χ0n) is 12.6. The van der Waals surface area contributed by atoms with E-state index in [1.165, 1.54) is 12.2 Å². The lowest BCUT2D eigenvalue weighted by molar-refractivity contribution is -0.163. The van der Waals surface area contributed by atoms with Gasteiger partial charge in [-0.05, 0) is 24.7 Å². The second-order valence-electron chi connectivity index (χ2n) is 5.54. The number of hydrogen-bond donors (Lipinski definition) is 0. The van der Waals surface area contributed by atoms with Crippen LogP contribution in [0.5, 0.6) is 0 Å². The molecular weight excluding hydrogens is 280 g/mol. The van der Waals surface area contributed by atoms with Gasteiger partial charge in [-0.1, -0.05) is 49.6 Å². The molecule has 0 aromatic carbocycles. The van der Waals surface area contributed by atoms with Gasteiger partial charge < -0.3 is 9.47 Å². The Kier molecular flexibility index (Phi) is 5.75. The summed E-state index contributed by atoms with van der Waals surface area (Å²) in [6.07, 6.45) is 12.7. The highest BCUT2D eigenvalue weighted by atomic mass is 16.5. The normalized spacial score (nSPS) is 29.3. The molecule has 0 heterocycles. The van der Waals surface area contributed by atoms with Crippen molar-refractivity contribution in [1.29, 1.82) is 0 Å². The molecule has 118 valence electrons. The third-order valence-corrected chi connectivity index (χ3v) is 4.13. The molecule has 3 rings (SSSR count). The van der Waals surface area contributed by atoms with Gasteiger partial charge in [-0.3, -0.25) is 9.59 Å². The van der Waals surface area contributed by atoms with Crippen LogP contribution in [0, 0.1) is 23.7 Å². The Morgan fingerprint density at radius 1 is 0.909 bits per heavy atom. The minimum absolute atomic E-state index is 0.0357. The summed E-state index contributed by atoms with van der Waals surface area (Å²) < 4.78 is 10.4. The van der Waals surface area contributed by atoms with E-state index in [2.05, 4.69) is 25.3 Å². The van der Waals surface area contributed by atoms with Crippen molar-refractivity contribution in [3.63, 3.8) is 0 Å². The SMILES string of the molecule is C=CCOC(=O)C1C2C=CC(CC=CC2)C1C(=O)OCC=C. The number of rotatable bonds is 6. The first-order valence-corrected chi connectivity index (χ1v) is 7.57. The summed E-state index contributed by atoms with van der Waals surface area (Å²) in [6, 6.07) is 0. The number of allylic oxidation sites excluding steroid dienone is 4. The van der Waals surface area contributed by atoms with Crippen LogP contribution in [0.3, 0.4) is 0 Å². The summed E-state index contributed by atoms with van der Waals surface area (Å²) in [5.74, 6) is -1.78. The molecule has 4 unspecified atom stereocenters. The van der Waals surface area contributed by atoms with Gasteiger partial charge in [0.2, 0.25) is 0 Å². The van der Waals surface area contributed by atoms with Crippen molar-refractivity contribution < 1.29 is 19.1 Å². The van der Waals surface area contributed by atoms with Gasteiger partial charge in [-0.15, -0.1) is 0 Å². The van der Waals surface area contributed by atoms with Crippen LogP contribution >= 0.6 is 0 Å². The highest BCUT2D eigenvalue weighted by Gasteiger charge is 2.46. The van der Waals surface area contributed by atoms with Gasteiger partial charge in [0.15, 0.2) is 0 Å². The first kappa shape index (κ1) is 16.3. The first-order chi connectivity index (χ1) is 10.7. The number of fused-ring (bicyclic) bond motifs is 3. The third kappa shape index (κ3) is 3.56. The molecule has 0 aliphatic heterocycles. The lowest BCUT2D eigenvalue weighted by Crippen LogP contribution is -2.43. The Labute approximate surface area is 131 Å². The summed E-state index contributed by atoms with van der Waals surface area (Å²) in [4.78, 5) is 24.9. The molecule has 0 fully saturated rings. The molecule has 0 aromatic rings. The number of esters is 2. The van der Waals surface area contributed by atoms with Crippen LogP contribution < -0.4 is 0 Å². The van der Waals surface area contributed by atoms with Crippen molar-refractivity contribution in [2.75, 3.05) is 13.2 Å². The van der Waals surface area contributed by atoms with Crippen LogP contribution in [0.4, 0.5) is 0 Å². The maximum atomic E-state index is 12.4. The van der Waals surface area contributed by atoms with E-state index < -0.39 is 11.8 Å². The van der Waals surface area contributed by atoms with Crippen LogP contribution in [0.25, 0.3) is 0 Å². The fourth-order valence-electron chi connectivity index (χ4n) is 3.13. The van der Waals surface area contributed by atoms with E-state index in [1.807, 2.05) is 12.2 Å². The van der Waals surface area contributed by atoms with Gasteiger partial charge in [0.1, 0.15) is 13.2 Å². The van der Waals surface area contributed by atoms with Crippen LogP contribution in [0.15, 0.2) is 49.6 Å². The lowest BCUT2D eigenvalue weighted by atomic mass is 9.67. The summed E-state index contributed by atoms with van der Waals surface area (Å²) in [7, 11) is 0. The number of carbonyl (C=O) groups is 2. The average molecular weight is 302 g/mol. The average Bonchev–Trinajstić information content (AvgIpc) is 2.49. The topological polar surface area (TPSA) is 52.6 Å². The second-order valence-corrected chi connectivity index (χ2v) is 5.54. The summed E-state index contributed by atoms with van der Waals surface area (Å²) in [5, 5.41) is 0. The number of carbonyl (C=O) groups excluding carboxylic acids is 2. The van der Waals surface area contributed by atoms with E-state index in [-0.39, 0.29) is 37.0 Å². The Balaban J connectivity index is 2.26. The van der Waals surface area contributed by atoms with Gasteiger partial charge in [0.25, 0.3) is 0 Å². The van der Waals surface area contributed by atoms with E-state index in [1.54, 1.807) is 0 Å². The van der Waals surface area contributed by atoms with Gasteiger partial charge in [0, 0.05) is 0 Å². The van der Waals surface area contributed by atoms with E-state index in [0.29, 0.717) is 0 Å². The highest BCUT2D eigenvalue weighted by molar-refractivity contribution is 5.83. The molecule has 4 heteroatoms. The highest BCUT2D eigenvalue weighted by Crippen LogP contribution is 2.41.